The Bertz CT molecular complexity index is 675. The van der Waals surface area contributed by atoms with Crippen LogP contribution in [0.5, 0.6) is 5.75 Å². The van der Waals surface area contributed by atoms with E-state index in [2.05, 4.69) is 14.5 Å². The van der Waals surface area contributed by atoms with Crippen LogP contribution in [0.15, 0.2) is 24.4 Å². The second kappa shape index (κ2) is 7.67. The lowest BCUT2D eigenvalue weighted by Gasteiger charge is -2.11. The molecular weight excluding hydrogens is 298 g/mol. The molecule has 0 spiro atoms. The van der Waals surface area contributed by atoms with E-state index in [1.54, 1.807) is 7.11 Å². The molecule has 1 aromatic heterocycles. The number of H-pyrrole nitrogens is 1. The molecule has 0 saturated carbocycles. The smallest absolute Gasteiger partial charge is 0.320 e. The number of fused-ring (bicyclic) bond motifs is 1. The maximum Gasteiger partial charge on any atom is 0.320 e. The minimum absolute atomic E-state index is 0.385. The Hall–Kier alpha value is -2.50. The lowest BCUT2D eigenvalue weighted by Crippen LogP contribution is -2.26. The molecule has 0 radical (unpaired) electrons. The van der Waals surface area contributed by atoms with E-state index in [1.807, 2.05) is 24.4 Å². The van der Waals surface area contributed by atoms with Crippen LogP contribution in [0.25, 0.3) is 10.9 Å². The predicted octanol–water partition coefficient (Wildman–Crippen LogP) is 2.46. The molecule has 2 aromatic rings. The molecule has 0 fully saturated rings. The van der Waals surface area contributed by atoms with Crippen LogP contribution >= 0.6 is 0 Å². The first kappa shape index (κ1) is 16.9. The van der Waals surface area contributed by atoms with Gasteiger partial charge in [-0.3, -0.25) is 9.59 Å². The summed E-state index contributed by atoms with van der Waals surface area (Å²) < 4.78 is 14.6. The normalized spacial score (nSPS) is 10.8. The Morgan fingerprint density at radius 1 is 1.13 bits per heavy atom. The topological polar surface area (TPSA) is 77.6 Å². The molecule has 0 aliphatic heterocycles. The number of rotatable bonds is 7. The van der Waals surface area contributed by atoms with Crippen LogP contribution in [0.1, 0.15) is 18.4 Å². The molecule has 1 N–H and O–H groups in total. The summed E-state index contributed by atoms with van der Waals surface area (Å²) >= 11 is 0. The SMILES string of the molecule is COC(=O)C(CCCc1c[nH]c2ccc(OC)cc12)C(=O)OC. The molecule has 0 saturated heterocycles. The van der Waals surface area contributed by atoms with Crippen LogP contribution in [-0.2, 0) is 25.5 Å². The van der Waals surface area contributed by atoms with Gasteiger partial charge in [0.25, 0.3) is 0 Å². The molecule has 0 aliphatic carbocycles. The minimum Gasteiger partial charge on any atom is -0.497 e. The third kappa shape index (κ3) is 3.83. The summed E-state index contributed by atoms with van der Waals surface area (Å²) in [6.07, 6.45) is 3.72. The van der Waals surface area contributed by atoms with E-state index in [9.17, 15) is 9.59 Å². The van der Waals surface area contributed by atoms with Crippen molar-refractivity contribution in [2.24, 2.45) is 5.92 Å². The molecule has 0 amide bonds. The van der Waals surface area contributed by atoms with Crippen LogP contribution in [0.2, 0.25) is 0 Å². The van der Waals surface area contributed by atoms with E-state index < -0.39 is 17.9 Å². The van der Waals surface area contributed by atoms with Crippen molar-refractivity contribution >= 4 is 22.8 Å². The lowest BCUT2D eigenvalue weighted by atomic mass is 9.99. The number of benzene rings is 1. The summed E-state index contributed by atoms with van der Waals surface area (Å²) in [6.45, 7) is 0. The number of carbonyl (C=O) groups is 2. The molecule has 23 heavy (non-hydrogen) atoms. The van der Waals surface area contributed by atoms with Gasteiger partial charge in [-0.1, -0.05) is 0 Å². The van der Waals surface area contributed by atoms with Crippen LogP contribution in [0.3, 0.4) is 0 Å². The number of carbonyl (C=O) groups excluding carboxylic acids is 2. The molecule has 6 heteroatoms. The Morgan fingerprint density at radius 2 is 1.83 bits per heavy atom. The molecule has 0 atom stereocenters. The maximum atomic E-state index is 11.7. The van der Waals surface area contributed by atoms with Gasteiger partial charge < -0.3 is 19.2 Å². The number of aromatic amines is 1. The molecule has 0 aliphatic rings. The Labute approximate surface area is 134 Å². The number of hydrogen-bond donors (Lipinski definition) is 1. The number of methoxy groups -OCH3 is 3. The van der Waals surface area contributed by atoms with Crippen molar-refractivity contribution in [3.05, 3.63) is 30.0 Å². The van der Waals surface area contributed by atoms with Crippen molar-refractivity contribution in [2.75, 3.05) is 21.3 Å². The number of nitrogens with one attached hydrogen (secondary N) is 1. The maximum absolute atomic E-state index is 11.7. The average Bonchev–Trinajstić information content (AvgIpc) is 2.99. The van der Waals surface area contributed by atoms with Crippen molar-refractivity contribution < 1.29 is 23.8 Å². The highest BCUT2D eigenvalue weighted by Crippen LogP contribution is 2.25. The predicted molar refractivity (Wildman–Crippen MR) is 85.3 cm³/mol. The van der Waals surface area contributed by atoms with Gasteiger partial charge in [0.2, 0.25) is 0 Å². The van der Waals surface area contributed by atoms with Crippen LogP contribution in [0.4, 0.5) is 0 Å². The highest BCUT2D eigenvalue weighted by atomic mass is 16.5. The lowest BCUT2D eigenvalue weighted by molar-refractivity contribution is -0.159. The van der Waals surface area contributed by atoms with Crippen molar-refractivity contribution in [1.82, 2.24) is 4.98 Å². The summed E-state index contributed by atoms with van der Waals surface area (Å²) in [6, 6.07) is 5.83. The molecule has 6 nitrogen and oxygen atoms in total. The van der Waals surface area contributed by atoms with E-state index >= 15 is 0 Å². The largest absolute Gasteiger partial charge is 0.497 e. The fourth-order valence-corrected chi connectivity index (χ4v) is 2.60. The van der Waals surface area contributed by atoms with Gasteiger partial charge in [-0.2, -0.15) is 0 Å². The molecular formula is C17H21NO5. The zero-order chi connectivity index (χ0) is 16.8. The number of esters is 2. The summed E-state index contributed by atoms with van der Waals surface area (Å²) in [5.74, 6) is -1.19. The third-order valence-corrected chi connectivity index (χ3v) is 3.88. The zero-order valence-electron chi connectivity index (χ0n) is 13.5. The molecule has 1 heterocycles. The van der Waals surface area contributed by atoms with Gasteiger partial charge in [0.1, 0.15) is 5.75 Å². The zero-order valence-corrected chi connectivity index (χ0v) is 13.5. The Balaban J connectivity index is 2.05. The fourth-order valence-electron chi connectivity index (χ4n) is 2.60. The van der Waals surface area contributed by atoms with Crippen LogP contribution in [0, 0.1) is 5.92 Å². The summed E-state index contributed by atoms with van der Waals surface area (Å²) in [5.41, 5.74) is 2.14. The van der Waals surface area contributed by atoms with Gasteiger partial charge in [0, 0.05) is 17.1 Å². The van der Waals surface area contributed by atoms with E-state index in [1.165, 1.54) is 14.2 Å². The van der Waals surface area contributed by atoms with E-state index in [4.69, 9.17) is 4.74 Å². The molecule has 1 aromatic carbocycles. The number of aromatic nitrogens is 1. The fraction of sp³-hybridized carbons (Fsp3) is 0.412. The van der Waals surface area contributed by atoms with Crippen molar-refractivity contribution in [2.45, 2.75) is 19.3 Å². The average molecular weight is 319 g/mol. The molecule has 0 bridgehead atoms. The van der Waals surface area contributed by atoms with Crippen LogP contribution in [-0.4, -0.2) is 38.3 Å². The number of hydrogen-bond acceptors (Lipinski definition) is 5. The first-order chi connectivity index (χ1) is 11.1. The second-order valence-corrected chi connectivity index (χ2v) is 5.22. The van der Waals surface area contributed by atoms with Gasteiger partial charge in [-0.25, -0.2) is 0 Å². The van der Waals surface area contributed by atoms with Crippen molar-refractivity contribution in [1.29, 1.82) is 0 Å². The van der Waals surface area contributed by atoms with Gasteiger partial charge in [0.15, 0.2) is 5.92 Å². The third-order valence-electron chi connectivity index (χ3n) is 3.88. The van der Waals surface area contributed by atoms with Gasteiger partial charge in [-0.15, -0.1) is 0 Å². The Kier molecular flexibility index (Phi) is 5.62. The highest BCUT2D eigenvalue weighted by molar-refractivity contribution is 5.94. The quantitative estimate of drug-likeness (QED) is 0.626. The summed E-state index contributed by atoms with van der Waals surface area (Å²) in [7, 11) is 4.17. The number of ether oxygens (including phenoxy) is 3. The van der Waals surface area contributed by atoms with Crippen molar-refractivity contribution in [3.63, 3.8) is 0 Å². The Morgan fingerprint density at radius 3 is 2.43 bits per heavy atom. The van der Waals surface area contributed by atoms with E-state index in [0.29, 0.717) is 12.8 Å². The summed E-state index contributed by atoms with van der Waals surface area (Å²) in [4.78, 5) is 26.5. The van der Waals surface area contributed by atoms with Crippen molar-refractivity contribution in [3.8, 4) is 5.75 Å². The number of aryl methyl sites for hydroxylation is 1. The first-order valence-electron chi connectivity index (χ1n) is 7.40. The second-order valence-electron chi connectivity index (χ2n) is 5.22. The van der Waals surface area contributed by atoms with E-state index in [-0.39, 0.29) is 0 Å². The van der Waals surface area contributed by atoms with Gasteiger partial charge >= 0.3 is 11.9 Å². The summed E-state index contributed by atoms with van der Waals surface area (Å²) in [5, 5.41) is 1.08. The molecule has 2 rings (SSSR count). The highest BCUT2D eigenvalue weighted by Gasteiger charge is 2.27. The monoisotopic (exact) mass is 319 g/mol. The van der Waals surface area contributed by atoms with E-state index in [0.717, 1.165) is 28.6 Å². The van der Waals surface area contributed by atoms with Gasteiger partial charge in [-0.05, 0) is 43.0 Å². The first-order valence-corrected chi connectivity index (χ1v) is 7.40. The molecule has 0 unspecified atom stereocenters. The molecule has 124 valence electrons. The van der Waals surface area contributed by atoms with Gasteiger partial charge in [0.05, 0.1) is 21.3 Å². The minimum atomic E-state index is -0.871. The van der Waals surface area contributed by atoms with Crippen LogP contribution < -0.4 is 4.74 Å². The standard InChI is InChI=1S/C17H21NO5/c1-21-12-7-8-15-14(9-12)11(10-18-15)5-4-6-13(16(19)22-2)17(20)23-3/h7-10,13,18H,4-6H2,1-3H3.